The zero-order chi connectivity index (χ0) is 18.3. The largest absolute Gasteiger partial charge is 0.337 e. The highest BCUT2D eigenvalue weighted by molar-refractivity contribution is 5.53. The molecule has 4 heterocycles. The fourth-order valence-electron chi connectivity index (χ4n) is 2.90. The minimum atomic E-state index is 0.448. The third-order valence-electron chi connectivity index (χ3n) is 4.09. The van der Waals surface area contributed by atoms with Gasteiger partial charge in [-0.3, -0.25) is 4.68 Å². The summed E-state index contributed by atoms with van der Waals surface area (Å²) in [4.78, 5) is 8.92. The predicted octanol–water partition coefficient (Wildman–Crippen LogP) is 2.80. The van der Waals surface area contributed by atoms with Gasteiger partial charge in [-0.15, -0.1) is 0 Å². The normalized spacial score (nSPS) is 11.2. The third kappa shape index (κ3) is 3.01. The Morgan fingerprint density at radius 2 is 1.73 bits per heavy atom. The van der Waals surface area contributed by atoms with Crippen LogP contribution in [0.3, 0.4) is 0 Å². The highest BCUT2D eigenvalue weighted by Crippen LogP contribution is 2.18. The molecule has 0 aromatic carbocycles. The van der Waals surface area contributed by atoms with Crippen molar-refractivity contribution < 1.29 is 4.52 Å². The Bertz CT molecular complexity index is 1060. The highest BCUT2D eigenvalue weighted by atomic mass is 16.5. The van der Waals surface area contributed by atoms with Gasteiger partial charge in [0.2, 0.25) is 11.7 Å². The van der Waals surface area contributed by atoms with Gasteiger partial charge in [0.05, 0.1) is 11.4 Å². The van der Waals surface area contributed by atoms with E-state index in [9.17, 15) is 0 Å². The summed E-state index contributed by atoms with van der Waals surface area (Å²) in [6.45, 7) is 8.36. The zero-order valence-corrected chi connectivity index (χ0v) is 15.1. The molecule has 0 atom stereocenters. The van der Waals surface area contributed by atoms with Gasteiger partial charge in [0.25, 0.3) is 0 Å². The van der Waals surface area contributed by atoms with Gasteiger partial charge in [-0.25, -0.2) is 9.67 Å². The molecule has 0 unspecified atom stereocenters. The van der Waals surface area contributed by atoms with Crippen LogP contribution in [0.1, 0.15) is 28.7 Å². The van der Waals surface area contributed by atoms with Crippen LogP contribution in [0.25, 0.3) is 17.2 Å². The molecule has 0 radical (unpaired) electrons. The standard InChI is InChI=1S/C18H19N7O/c1-11-7-13(3)24(21-11)10-17-20-18(23-26-17)15-5-6-16(19-9-15)25-14(4)8-12(2)22-25/h5-9H,10H2,1-4H3. The summed E-state index contributed by atoms with van der Waals surface area (Å²) < 4.78 is 9.01. The van der Waals surface area contributed by atoms with E-state index in [4.69, 9.17) is 4.52 Å². The number of hydrogen-bond acceptors (Lipinski definition) is 6. The van der Waals surface area contributed by atoms with Gasteiger partial charge in [-0.2, -0.15) is 15.2 Å². The van der Waals surface area contributed by atoms with Crippen LogP contribution in [0.15, 0.2) is 35.0 Å². The van der Waals surface area contributed by atoms with E-state index in [0.717, 1.165) is 34.2 Å². The fraction of sp³-hybridized carbons (Fsp3) is 0.278. The summed E-state index contributed by atoms with van der Waals surface area (Å²) >= 11 is 0. The van der Waals surface area contributed by atoms with Gasteiger partial charge in [0.15, 0.2) is 5.82 Å². The molecule has 0 saturated carbocycles. The summed E-state index contributed by atoms with van der Waals surface area (Å²) in [5.74, 6) is 1.77. The van der Waals surface area contributed by atoms with E-state index in [0.29, 0.717) is 18.3 Å². The molecule has 8 heteroatoms. The quantitative estimate of drug-likeness (QED) is 0.563. The van der Waals surface area contributed by atoms with Crippen LogP contribution >= 0.6 is 0 Å². The number of pyridine rings is 1. The summed E-state index contributed by atoms with van der Waals surface area (Å²) in [5.41, 5.74) is 4.80. The van der Waals surface area contributed by atoms with Crippen molar-refractivity contribution in [1.82, 2.24) is 34.7 Å². The molecule has 0 N–H and O–H groups in total. The van der Waals surface area contributed by atoms with Crippen molar-refractivity contribution in [3.05, 3.63) is 59.1 Å². The van der Waals surface area contributed by atoms with E-state index in [1.165, 1.54) is 0 Å². The SMILES string of the molecule is Cc1cc(C)n(Cc2nc(-c3ccc(-n4nc(C)cc4C)nc3)no2)n1. The minimum absolute atomic E-state index is 0.448. The molecule has 26 heavy (non-hydrogen) atoms. The van der Waals surface area contributed by atoms with Gasteiger partial charge in [-0.1, -0.05) is 5.16 Å². The van der Waals surface area contributed by atoms with Gasteiger partial charge in [-0.05, 0) is 52.0 Å². The van der Waals surface area contributed by atoms with Crippen LogP contribution in [-0.4, -0.2) is 34.7 Å². The Morgan fingerprint density at radius 1 is 0.962 bits per heavy atom. The van der Waals surface area contributed by atoms with E-state index >= 15 is 0 Å². The maximum absolute atomic E-state index is 5.36. The van der Waals surface area contributed by atoms with Crippen LogP contribution in [-0.2, 0) is 6.54 Å². The Balaban J connectivity index is 1.56. The van der Waals surface area contributed by atoms with Gasteiger partial charge in [0, 0.05) is 23.1 Å². The molecule has 8 nitrogen and oxygen atoms in total. The molecular formula is C18H19N7O. The van der Waals surface area contributed by atoms with Crippen molar-refractivity contribution in [2.24, 2.45) is 0 Å². The van der Waals surface area contributed by atoms with Gasteiger partial charge < -0.3 is 4.52 Å². The molecule has 4 aromatic rings. The Hall–Kier alpha value is -3.29. The first-order chi connectivity index (χ1) is 12.5. The molecule has 0 bridgehead atoms. The summed E-state index contributed by atoms with van der Waals surface area (Å²) in [6.07, 6.45) is 1.73. The second-order valence-electron chi connectivity index (χ2n) is 6.34. The zero-order valence-electron chi connectivity index (χ0n) is 15.1. The first kappa shape index (κ1) is 16.2. The number of aryl methyl sites for hydroxylation is 4. The van der Waals surface area contributed by atoms with Crippen molar-refractivity contribution in [1.29, 1.82) is 0 Å². The molecule has 0 aliphatic rings. The number of hydrogen-bond donors (Lipinski definition) is 0. The summed E-state index contributed by atoms with van der Waals surface area (Å²) in [5, 5.41) is 12.9. The molecule has 0 fully saturated rings. The van der Waals surface area contributed by atoms with E-state index < -0.39 is 0 Å². The lowest BCUT2D eigenvalue weighted by atomic mass is 10.2. The molecular weight excluding hydrogens is 330 g/mol. The predicted molar refractivity (Wildman–Crippen MR) is 94.9 cm³/mol. The lowest BCUT2D eigenvalue weighted by Crippen LogP contribution is -2.04. The van der Waals surface area contributed by atoms with Crippen molar-refractivity contribution in [3.63, 3.8) is 0 Å². The van der Waals surface area contributed by atoms with Crippen molar-refractivity contribution >= 4 is 0 Å². The second-order valence-corrected chi connectivity index (χ2v) is 6.34. The Labute approximate surface area is 150 Å². The van der Waals surface area contributed by atoms with E-state index in [2.05, 4.69) is 25.3 Å². The maximum Gasteiger partial charge on any atom is 0.248 e. The number of rotatable bonds is 4. The molecule has 0 saturated heterocycles. The van der Waals surface area contributed by atoms with Crippen LogP contribution in [0.2, 0.25) is 0 Å². The Kier molecular flexibility index (Phi) is 3.87. The molecule has 0 spiro atoms. The average Bonchev–Trinajstić information content (AvgIpc) is 3.28. The van der Waals surface area contributed by atoms with Crippen molar-refractivity contribution in [3.8, 4) is 17.2 Å². The molecule has 0 aliphatic carbocycles. The summed E-state index contributed by atoms with van der Waals surface area (Å²) in [6, 6.07) is 7.83. The topological polar surface area (TPSA) is 87.5 Å². The first-order valence-corrected chi connectivity index (χ1v) is 8.33. The van der Waals surface area contributed by atoms with Crippen molar-refractivity contribution in [2.45, 2.75) is 34.2 Å². The van der Waals surface area contributed by atoms with E-state index in [1.54, 1.807) is 6.20 Å². The average molecular weight is 349 g/mol. The summed E-state index contributed by atoms with van der Waals surface area (Å²) in [7, 11) is 0. The van der Waals surface area contributed by atoms with Gasteiger partial charge >= 0.3 is 0 Å². The van der Waals surface area contributed by atoms with Gasteiger partial charge in [0.1, 0.15) is 6.54 Å². The smallest absolute Gasteiger partial charge is 0.248 e. The lowest BCUT2D eigenvalue weighted by Gasteiger charge is -2.03. The molecule has 132 valence electrons. The number of nitrogens with zero attached hydrogens (tertiary/aromatic N) is 7. The molecule has 0 aliphatic heterocycles. The molecule has 4 rings (SSSR count). The highest BCUT2D eigenvalue weighted by Gasteiger charge is 2.12. The lowest BCUT2D eigenvalue weighted by molar-refractivity contribution is 0.364. The first-order valence-electron chi connectivity index (χ1n) is 8.33. The number of aromatic nitrogens is 7. The van der Waals surface area contributed by atoms with Crippen LogP contribution in [0.4, 0.5) is 0 Å². The second kappa shape index (κ2) is 6.21. The van der Waals surface area contributed by atoms with Crippen molar-refractivity contribution in [2.75, 3.05) is 0 Å². The van der Waals surface area contributed by atoms with E-state index in [1.807, 2.05) is 61.3 Å². The van der Waals surface area contributed by atoms with E-state index in [-0.39, 0.29) is 0 Å². The monoisotopic (exact) mass is 349 g/mol. The third-order valence-corrected chi connectivity index (χ3v) is 4.09. The Morgan fingerprint density at radius 3 is 2.35 bits per heavy atom. The maximum atomic E-state index is 5.36. The minimum Gasteiger partial charge on any atom is -0.337 e. The molecule has 4 aromatic heterocycles. The van der Waals surface area contributed by atoms with Crippen LogP contribution in [0, 0.1) is 27.7 Å². The fourth-order valence-corrected chi connectivity index (χ4v) is 2.90. The molecule has 0 amide bonds. The van der Waals surface area contributed by atoms with Crippen LogP contribution < -0.4 is 0 Å². The van der Waals surface area contributed by atoms with Crippen LogP contribution in [0.5, 0.6) is 0 Å².